The van der Waals surface area contributed by atoms with Crippen LogP contribution in [0.5, 0.6) is 0 Å². The molecule has 0 aliphatic heterocycles. The molecular formula is C15H14O2Si. The second-order valence-corrected chi connectivity index (χ2v) is 5.10. The third kappa shape index (κ3) is 3.43. The molecule has 0 spiro atoms. The molecular weight excluding hydrogens is 240 g/mol. The SMILES string of the molecule is O=c1ccc2ccccc2o1.[SiH3]c1ccccc1. The van der Waals surface area contributed by atoms with E-state index in [4.69, 9.17) is 4.42 Å². The lowest BCUT2D eigenvalue weighted by Gasteiger charge is -1.91. The van der Waals surface area contributed by atoms with Gasteiger partial charge in [-0.25, -0.2) is 4.79 Å². The summed E-state index contributed by atoms with van der Waals surface area (Å²) >= 11 is 0. The number of hydrogen-bond donors (Lipinski definition) is 0. The predicted octanol–water partition coefficient (Wildman–Crippen LogP) is 1.47. The van der Waals surface area contributed by atoms with Gasteiger partial charge in [0, 0.05) is 21.7 Å². The molecule has 0 fully saturated rings. The van der Waals surface area contributed by atoms with Crippen LogP contribution in [0.15, 0.2) is 75.9 Å². The standard InChI is InChI=1S/C9H6O2.C6H8Si/c10-9-6-5-7-3-1-2-4-8(7)11-9;7-6-4-2-1-3-5-6/h1-6H;1-5H,7H3. The molecule has 0 saturated heterocycles. The number of hydrogen-bond acceptors (Lipinski definition) is 2. The van der Waals surface area contributed by atoms with Crippen LogP contribution in [0.2, 0.25) is 0 Å². The second kappa shape index (κ2) is 5.98. The highest BCUT2D eigenvalue weighted by Gasteiger charge is 1.92. The fourth-order valence-corrected chi connectivity index (χ4v) is 1.93. The highest BCUT2D eigenvalue weighted by Crippen LogP contribution is 2.08. The van der Waals surface area contributed by atoms with E-state index in [0.29, 0.717) is 5.58 Å². The lowest BCUT2D eigenvalue weighted by molar-refractivity contribution is 0.561. The van der Waals surface area contributed by atoms with Gasteiger partial charge < -0.3 is 4.42 Å². The molecule has 0 bridgehead atoms. The average molecular weight is 254 g/mol. The Kier molecular flexibility index (Phi) is 4.09. The Balaban J connectivity index is 0.000000149. The van der Waals surface area contributed by atoms with Crippen molar-refractivity contribution in [2.75, 3.05) is 0 Å². The van der Waals surface area contributed by atoms with Crippen molar-refractivity contribution in [2.45, 2.75) is 0 Å². The zero-order valence-electron chi connectivity index (χ0n) is 10.2. The van der Waals surface area contributed by atoms with E-state index in [9.17, 15) is 4.79 Å². The van der Waals surface area contributed by atoms with Gasteiger partial charge in [0.15, 0.2) is 0 Å². The van der Waals surface area contributed by atoms with Crippen LogP contribution in [0.4, 0.5) is 0 Å². The van der Waals surface area contributed by atoms with Gasteiger partial charge in [-0.1, -0.05) is 53.7 Å². The summed E-state index contributed by atoms with van der Waals surface area (Å²) in [6.07, 6.45) is 0. The maximum atomic E-state index is 10.7. The largest absolute Gasteiger partial charge is 0.423 e. The molecule has 0 unspecified atom stereocenters. The first kappa shape index (κ1) is 12.3. The van der Waals surface area contributed by atoms with Gasteiger partial charge >= 0.3 is 5.63 Å². The first-order valence-corrected chi connectivity index (χ1v) is 6.76. The lowest BCUT2D eigenvalue weighted by Crippen LogP contribution is -1.97. The highest BCUT2D eigenvalue weighted by atomic mass is 28.1. The Hall–Kier alpha value is -2.13. The van der Waals surface area contributed by atoms with E-state index in [1.165, 1.54) is 21.5 Å². The van der Waals surface area contributed by atoms with Crippen LogP contribution in [0.3, 0.4) is 0 Å². The summed E-state index contributed by atoms with van der Waals surface area (Å²) < 4.78 is 4.91. The van der Waals surface area contributed by atoms with Crippen molar-refractivity contribution in [3.05, 3.63) is 77.2 Å². The van der Waals surface area contributed by atoms with E-state index in [0.717, 1.165) is 5.39 Å². The number of benzene rings is 2. The lowest BCUT2D eigenvalue weighted by atomic mass is 10.2. The smallest absolute Gasteiger partial charge is 0.336 e. The Labute approximate surface area is 108 Å². The van der Waals surface area contributed by atoms with Gasteiger partial charge in [0.25, 0.3) is 0 Å². The summed E-state index contributed by atoms with van der Waals surface area (Å²) in [5, 5.41) is 2.41. The molecule has 1 heterocycles. The fourth-order valence-electron chi connectivity index (χ4n) is 1.55. The highest BCUT2D eigenvalue weighted by molar-refractivity contribution is 6.32. The van der Waals surface area contributed by atoms with E-state index in [-0.39, 0.29) is 5.63 Å². The minimum Gasteiger partial charge on any atom is -0.423 e. The van der Waals surface area contributed by atoms with E-state index in [1.54, 1.807) is 12.1 Å². The fraction of sp³-hybridized carbons (Fsp3) is 0. The summed E-state index contributed by atoms with van der Waals surface area (Å²) in [5.41, 5.74) is 0.337. The van der Waals surface area contributed by atoms with Gasteiger partial charge in [-0.3, -0.25) is 0 Å². The molecule has 0 N–H and O–H groups in total. The van der Waals surface area contributed by atoms with Gasteiger partial charge in [0.1, 0.15) is 5.58 Å². The minimum atomic E-state index is -0.302. The van der Waals surface area contributed by atoms with Crippen LogP contribution >= 0.6 is 0 Å². The van der Waals surface area contributed by atoms with Gasteiger partial charge in [-0.2, -0.15) is 0 Å². The molecule has 0 amide bonds. The number of fused-ring (bicyclic) bond motifs is 1. The normalized spacial score (nSPS) is 9.78. The van der Waals surface area contributed by atoms with E-state index < -0.39 is 0 Å². The van der Waals surface area contributed by atoms with Gasteiger partial charge in [0.2, 0.25) is 0 Å². The molecule has 2 nitrogen and oxygen atoms in total. The Morgan fingerprint density at radius 3 is 2.11 bits per heavy atom. The van der Waals surface area contributed by atoms with Gasteiger partial charge in [-0.15, -0.1) is 0 Å². The van der Waals surface area contributed by atoms with Crippen molar-refractivity contribution in [3.63, 3.8) is 0 Å². The Morgan fingerprint density at radius 2 is 1.44 bits per heavy atom. The van der Waals surface area contributed by atoms with Gasteiger partial charge in [-0.05, 0) is 12.1 Å². The van der Waals surface area contributed by atoms with Crippen molar-refractivity contribution in [2.24, 2.45) is 0 Å². The molecule has 3 heteroatoms. The van der Waals surface area contributed by atoms with Crippen molar-refractivity contribution in [3.8, 4) is 0 Å². The molecule has 1 aromatic heterocycles. The first-order chi connectivity index (χ1) is 8.75. The van der Waals surface area contributed by atoms with Gasteiger partial charge in [0.05, 0.1) is 0 Å². The van der Waals surface area contributed by atoms with Crippen LogP contribution in [-0.2, 0) is 0 Å². The van der Waals surface area contributed by atoms with E-state index in [1.807, 2.05) is 24.3 Å². The summed E-state index contributed by atoms with van der Waals surface area (Å²) in [5.74, 6) is 0. The molecule has 0 aliphatic rings. The van der Waals surface area contributed by atoms with Crippen molar-refractivity contribution < 1.29 is 4.42 Å². The number of rotatable bonds is 0. The zero-order valence-corrected chi connectivity index (χ0v) is 12.2. The average Bonchev–Trinajstić information content (AvgIpc) is 2.40. The maximum Gasteiger partial charge on any atom is 0.336 e. The predicted molar refractivity (Wildman–Crippen MR) is 78.5 cm³/mol. The van der Waals surface area contributed by atoms with E-state index >= 15 is 0 Å². The monoisotopic (exact) mass is 254 g/mol. The van der Waals surface area contributed by atoms with Crippen molar-refractivity contribution in [1.82, 2.24) is 0 Å². The second-order valence-electron chi connectivity index (χ2n) is 3.95. The molecule has 0 aliphatic carbocycles. The molecule has 3 aromatic rings. The Bertz CT molecular complexity index is 674. The topological polar surface area (TPSA) is 30.2 Å². The number of para-hydroxylation sites is 1. The molecule has 3 rings (SSSR count). The summed E-state index contributed by atoms with van der Waals surface area (Å²) in [6, 6.07) is 21.1. The zero-order chi connectivity index (χ0) is 12.8. The maximum absolute atomic E-state index is 10.7. The Morgan fingerprint density at radius 1 is 0.778 bits per heavy atom. The van der Waals surface area contributed by atoms with Crippen LogP contribution in [0, 0.1) is 0 Å². The van der Waals surface area contributed by atoms with Crippen LogP contribution in [0.25, 0.3) is 11.0 Å². The quantitative estimate of drug-likeness (QED) is 0.449. The summed E-state index contributed by atoms with van der Waals surface area (Å²) in [6.45, 7) is 0. The minimum absolute atomic E-state index is 0.302. The van der Waals surface area contributed by atoms with E-state index in [2.05, 4.69) is 24.3 Å². The molecule has 0 radical (unpaired) electrons. The summed E-state index contributed by atoms with van der Waals surface area (Å²) in [7, 11) is 1.17. The van der Waals surface area contributed by atoms with Crippen molar-refractivity contribution >= 4 is 26.4 Å². The van der Waals surface area contributed by atoms with Crippen LogP contribution < -0.4 is 10.8 Å². The van der Waals surface area contributed by atoms with Crippen LogP contribution in [-0.4, -0.2) is 10.2 Å². The van der Waals surface area contributed by atoms with Crippen LogP contribution in [0.1, 0.15) is 0 Å². The summed E-state index contributed by atoms with van der Waals surface area (Å²) in [4.78, 5) is 10.7. The third-order valence-corrected chi connectivity index (χ3v) is 3.14. The third-order valence-electron chi connectivity index (χ3n) is 2.47. The molecule has 0 atom stereocenters. The molecule has 90 valence electrons. The molecule has 2 aromatic carbocycles. The van der Waals surface area contributed by atoms with Crippen molar-refractivity contribution in [1.29, 1.82) is 0 Å². The first-order valence-electron chi connectivity index (χ1n) is 5.76. The molecule has 0 saturated carbocycles. The molecule has 18 heavy (non-hydrogen) atoms.